The maximum atomic E-state index is 12.0. The third-order valence-corrected chi connectivity index (χ3v) is 6.66. The highest BCUT2D eigenvalue weighted by Crippen LogP contribution is 2.43. The Morgan fingerprint density at radius 2 is 1.90 bits per heavy atom. The Morgan fingerprint density at radius 3 is 2.40 bits per heavy atom. The topological polar surface area (TPSA) is 32.8 Å². The number of epoxide rings is 1. The third kappa shape index (κ3) is 2.31. The molecular formula is C16H23NO2Si. The minimum absolute atomic E-state index is 0.147. The zero-order valence-electron chi connectivity index (χ0n) is 12.7. The summed E-state index contributed by atoms with van der Waals surface area (Å²) in [5.74, 6) is 0.260. The lowest BCUT2D eigenvalue weighted by Crippen LogP contribution is -2.57. The second kappa shape index (κ2) is 4.71. The summed E-state index contributed by atoms with van der Waals surface area (Å²) in [5, 5.41) is 0. The summed E-state index contributed by atoms with van der Waals surface area (Å²) >= 11 is 0. The zero-order chi connectivity index (χ0) is 14.5. The number of hydrogen-bond donors (Lipinski definition) is 0. The van der Waals surface area contributed by atoms with E-state index in [0.717, 1.165) is 0 Å². The van der Waals surface area contributed by atoms with E-state index in [1.165, 1.54) is 5.56 Å². The van der Waals surface area contributed by atoms with Gasteiger partial charge in [0.25, 0.3) is 0 Å². The molecule has 0 aliphatic carbocycles. The van der Waals surface area contributed by atoms with Crippen molar-refractivity contribution in [3.05, 3.63) is 35.9 Å². The lowest BCUT2D eigenvalue weighted by atomic mass is 9.93. The molecule has 2 saturated heterocycles. The Balaban J connectivity index is 1.72. The standard InChI is InChI=1S/C16H23NO2Si/c1-11(12-8-6-5-7-9-12)17-13(10-14(17)18)15-16(19-15)20(2,3)4/h5-9,11,13,15-16H,10H2,1-4H3/t11-,13+,15?,16?/m1/s1. The van der Waals surface area contributed by atoms with E-state index < -0.39 is 8.07 Å². The van der Waals surface area contributed by atoms with Gasteiger partial charge in [-0.15, -0.1) is 0 Å². The fourth-order valence-electron chi connectivity index (χ4n) is 3.24. The van der Waals surface area contributed by atoms with Crippen molar-refractivity contribution >= 4 is 14.0 Å². The van der Waals surface area contributed by atoms with Crippen molar-refractivity contribution in [3.8, 4) is 0 Å². The highest BCUT2D eigenvalue weighted by atomic mass is 28.3. The maximum absolute atomic E-state index is 12.0. The Bertz CT molecular complexity index is 511. The summed E-state index contributed by atoms with van der Waals surface area (Å²) in [6.45, 7) is 9.13. The van der Waals surface area contributed by atoms with Gasteiger partial charge >= 0.3 is 0 Å². The van der Waals surface area contributed by atoms with Gasteiger partial charge in [0.1, 0.15) is 6.10 Å². The van der Waals surface area contributed by atoms with Gasteiger partial charge in [-0.3, -0.25) is 4.79 Å². The van der Waals surface area contributed by atoms with Crippen molar-refractivity contribution in [1.29, 1.82) is 0 Å². The second-order valence-corrected chi connectivity index (χ2v) is 12.3. The van der Waals surface area contributed by atoms with Crippen molar-refractivity contribution < 1.29 is 9.53 Å². The Hall–Kier alpha value is -1.13. The predicted octanol–water partition coefficient (Wildman–Crippen LogP) is 2.99. The van der Waals surface area contributed by atoms with Crippen molar-refractivity contribution in [2.45, 2.75) is 56.9 Å². The molecule has 0 spiro atoms. The number of carbonyl (C=O) groups excluding carboxylic acids is 1. The van der Waals surface area contributed by atoms with Gasteiger partial charge in [-0.2, -0.15) is 0 Å². The number of amides is 1. The van der Waals surface area contributed by atoms with Crippen LogP contribution in [0.25, 0.3) is 0 Å². The summed E-state index contributed by atoms with van der Waals surface area (Å²) in [4.78, 5) is 14.1. The fourth-order valence-corrected chi connectivity index (χ4v) is 5.01. The molecule has 0 bridgehead atoms. The quantitative estimate of drug-likeness (QED) is 0.485. The average Bonchev–Trinajstić information content (AvgIpc) is 3.16. The minimum atomic E-state index is -1.26. The van der Waals surface area contributed by atoms with Gasteiger partial charge in [-0.25, -0.2) is 0 Å². The summed E-state index contributed by atoms with van der Waals surface area (Å²) in [6.07, 6.45) is 0.938. The van der Waals surface area contributed by atoms with E-state index in [1.54, 1.807) is 0 Å². The Labute approximate surface area is 121 Å². The van der Waals surface area contributed by atoms with Crippen molar-refractivity contribution in [3.63, 3.8) is 0 Å². The van der Waals surface area contributed by atoms with Crippen LogP contribution in [-0.2, 0) is 9.53 Å². The molecule has 3 nitrogen and oxygen atoms in total. The van der Waals surface area contributed by atoms with E-state index >= 15 is 0 Å². The van der Waals surface area contributed by atoms with Crippen LogP contribution in [0, 0.1) is 0 Å². The molecule has 0 radical (unpaired) electrons. The highest BCUT2D eigenvalue weighted by molar-refractivity contribution is 6.78. The molecule has 108 valence electrons. The largest absolute Gasteiger partial charge is 0.371 e. The molecule has 2 heterocycles. The van der Waals surface area contributed by atoms with Gasteiger partial charge < -0.3 is 9.64 Å². The Morgan fingerprint density at radius 1 is 1.25 bits per heavy atom. The molecule has 20 heavy (non-hydrogen) atoms. The van der Waals surface area contributed by atoms with Crippen LogP contribution in [0.5, 0.6) is 0 Å². The van der Waals surface area contributed by atoms with E-state index in [4.69, 9.17) is 4.74 Å². The molecule has 0 N–H and O–H groups in total. The molecule has 2 aliphatic rings. The van der Waals surface area contributed by atoms with E-state index in [0.29, 0.717) is 12.1 Å². The predicted molar refractivity (Wildman–Crippen MR) is 82.1 cm³/mol. The first-order valence-corrected chi connectivity index (χ1v) is 11.0. The lowest BCUT2D eigenvalue weighted by molar-refractivity contribution is -0.150. The molecule has 4 heteroatoms. The molecule has 0 saturated carbocycles. The Kier molecular flexibility index (Phi) is 3.25. The molecule has 2 unspecified atom stereocenters. The first-order valence-electron chi connectivity index (χ1n) is 7.41. The van der Waals surface area contributed by atoms with Crippen molar-refractivity contribution in [1.82, 2.24) is 4.90 Å². The van der Waals surface area contributed by atoms with Crippen LogP contribution in [0.4, 0.5) is 0 Å². The molecule has 0 aromatic heterocycles. The van der Waals surface area contributed by atoms with Gasteiger partial charge in [0.15, 0.2) is 0 Å². The highest BCUT2D eigenvalue weighted by Gasteiger charge is 2.58. The first-order chi connectivity index (χ1) is 9.39. The number of hydrogen-bond acceptors (Lipinski definition) is 2. The van der Waals surface area contributed by atoms with Crippen LogP contribution < -0.4 is 0 Å². The SMILES string of the molecule is C[C@H](c1ccccc1)N1C(=O)C[C@H]1C1OC1[Si](C)(C)C. The zero-order valence-corrected chi connectivity index (χ0v) is 13.7. The maximum Gasteiger partial charge on any atom is 0.225 e. The van der Waals surface area contributed by atoms with Crippen LogP contribution >= 0.6 is 0 Å². The van der Waals surface area contributed by atoms with Gasteiger partial charge in [0, 0.05) is 6.42 Å². The normalized spacial score (nSPS) is 30.9. The molecular weight excluding hydrogens is 266 g/mol. The summed E-state index contributed by atoms with van der Waals surface area (Å²) in [7, 11) is -1.26. The minimum Gasteiger partial charge on any atom is -0.371 e. The third-order valence-electron chi connectivity index (χ3n) is 4.49. The lowest BCUT2D eigenvalue weighted by Gasteiger charge is -2.44. The molecule has 1 amide bonds. The number of ether oxygens (including phenoxy) is 1. The fraction of sp³-hybridized carbons (Fsp3) is 0.562. The van der Waals surface area contributed by atoms with Crippen molar-refractivity contribution in [2.24, 2.45) is 0 Å². The monoisotopic (exact) mass is 289 g/mol. The van der Waals surface area contributed by atoms with Gasteiger partial charge in [-0.05, 0) is 12.5 Å². The van der Waals surface area contributed by atoms with E-state index in [-0.39, 0.29) is 24.1 Å². The number of benzene rings is 1. The molecule has 2 fully saturated rings. The molecule has 2 aliphatic heterocycles. The molecule has 1 aromatic carbocycles. The van der Waals surface area contributed by atoms with Crippen LogP contribution in [-0.4, -0.2) is 36.8 Å². The first kappa shape index (κ1) is 13.8. The van der Waals surface area contributed by atoms with Crippen LogP contribution in [0.1, 0.15) is 24.9 Å². The smallest absolute Gasteiger partial charge is 0.225 e. The van der Waals surface area contributed by atoms with Crippen LogP contribution in [0.15, 0.2) is 30.3 Å². The van der Waals surface area contributed by atoms with Crippen molar-refractivity contribution in [2.75, 3.05) is 0 Å². The number of likely N-dealkylation sites (tertiary alicyclic amines) is 1. The van der Waals surface area contributed by atoms with Gasteiger partial charge in [0.05, 0.1) is 25.9 Å². The number of β-lactam (4-membered cyclic amide) rings is 1. The molecule has 4 atom stereocenters. The molecule has 1 aromatic rings. The van der Waals surface area contributed by atoms with E-state index in [1.807, 2.05) is 23.1 Å². The number of rotatable bonds is 4. The van der Waals surface area contributed by atoms with E-state index in [9.17, 15) is 4.79 Å². The van der Waals surface area contributed by atoms with Gasteiger partial charge in [0.2, 0.25) is 5.91 Å². The van der Waals surface area contributed by atoms with Crippen LogP contribution in [0.2, 0.25) is 19.6 Å². The van der Waals surface area contributed by atoms with E-state index in [2.05, 4.69) is 38.7 Å². The number of nitrogens with zero attached hydrogens (tertiary/aromatic N) is 1. The average molecular weight is 289 g/mol. The molecule has 3 rings (SSSR count). The summed E-state index contributed by atoms with van der Waals surface area (Å²) in [6, 6.07) is 10.7. The van der Waals surface area contributed by atoms with Crippen LogP contribution in [0.3, 0.4) is 0 Å². The van der Waals surface area contributed by atoms with Gasteiger partial charge in [-0.1, -0.05) is 50.0 Å². The number of carbonyl (C=O) groups is 1. The second-order valence-electron chi connectivity index (χ2n) is 7.05. The summed E-state index contributed by atoms with van der Waals surface area (Å²) < 4.78 is 5.92. The summed E-state index contributed by atoms with van der Waals surface area (Å²) in [5.41, 5.74) is 1.63.